The minimum atomic E-state index is -5.15. The number of hydrogen-bond acceptors (Lipinski definition) is 22. The zero-order chi connectivity index (χ0) is 51.6. The number of ether oxygens (including phenoxy) is 2. The standard InChI is InChI=1S/C40H37N11O16S4.K.Na/c1-66-24-6-10-28(30(18-24)68(54,55)56)48-50-34-32(70(60,61)62)16-20-14-22(4-8-26(20)36(34)52)43-39-45-38(42-13-3-12-41)46-40(47-39)44-23-5-9-27-21(15-23)17-33(71(63,64)65)35(37(27)53)51-49-29-11-7-25(67-2)19-31(29)69(57,58)59;;/h4-11,14-19,52-53H,3,12-13,41H2,1-2H3,(H,54,55,56)(H,57,58,59)(H,60,61,62)(H,63,64,65)(H3,42,43,44,45,46,47);;. The molecule has 11 N–H and O–H groups in total. The molecule has 374 valence electrons. The minimum absolute atomic E-state index is 0. The molecule has 0 spiro atoms. The van der Waals surface area contributed by atoms with E-state index in [4.69, 9.17) is 15.2 Å². The number of phenolic OH excluding ortho intramolecular Hbond substituents is 2. The molecule has 0 aliphatic rings. The van der Waals surface area contributed by atoms with Crippen molar-refractivity contribution in [2.45, 2.75) is 26.0 Å². The van der Waals surface area contributed by atoms with Gasteiger partial charge in [0.05, 0.1) is 14.2 Å². The number of aromatic nitrogens is 3. The van der Waals surface area contributed by atoms with Gasteiger partial charge in [-0.05, 0) is 96.5 Å². The van der Waals surface area contributed by atoms with Gasteiger partial charge < -0.3 is 36.1 Å². The maximum Gasteiger partial charge on any atom is 0.296 e. The monoisotopic (exact) mass is 1120 g/mol. The summed E-state index contributed by atoms with van der Waals surface area (Å²) < 4.78 is 149. The topological polar surface area (TPSA) is 430 Å². The second-order valence-corrected chi connectivity index (χ2v) is 20.2. The van der Waals surface area contributed by atoms with Crippen molar-refractivity contribution >= 4 is 189 Å². The normalized spacial score (nSPS) is 12.2. The van der Waals surface area contributed by atoms with Crippen LogP contribution in [-0.4, -0.2) is 185 Å². The van der Waals surface area contributed by atoms with Gasteiger partial charge in [-0.3, -0.25) is 23.2 Å². The Balaban J connectivity index is 0.00000494. The van der Waals surface area contributed by atoms with Gasteiger partial charge in [0.1, 0.15) is 53.8 Å². The summed E-state index contributed by atoms with van der Waals surface area (Å²) >= 11 is 0. The van der Waals surface area contributed by atoms with Crippen molar-refractivity contribution in [1.82, 2.24) is 15.0 Å². The van der Waals surface area contributed by atoms with Crippen molar-refractivity contribution in [3.8, 4) is 23.0 Å². The van der Waals surface area contributed by atoms with Crippen LogP contribution in [0.2, 0.25) is 0 Å². The SMILES string of the molecule is COc1ccc(N=Nc2c(S(=O)(=O)O)cc3cc(Nc4nc(=NCCCN)nc(Nc5ccc6c(O)c(N=Nc7ccc(OC)cc7S(=O)(=O)O)c(S(=O)(=O)O)cc6c5)[nH]4)ccc3c2O)c(S(=O)(=O)O)c1.[K].[Na]. The summed E-state index contributed by atoms with van der Waals surface area (Å²) in [4.78, 5) is 12.6. The molecule has 0 fully saturated rings. The number of phenols is 2. The second kappa shape index (κ2) is 23.6. The molecule has 27 nitrogen and oxygen atoms in total. The van der Waals surface area contributed by atoms with E-state index in [2.05, 4.69) is 51.0 Å². The molecule has 0 unspecified atom stereocenters. The van der Waals surface area contributed by atoms with Crippen molar-refractivity contribution in [3.63, 3.8) is 0 Å². The molecule has 0 aliphatic heterocycles. The molecule has 2 radical (unpaired) electrons. The third-order valence-electron chi connectivity index (χ3n) is 9.86. The first-order chi connectivity index (χ1) is 33.4. The Labute approximate surface area is 478 Å². The Hall–Kier alpha value is -5.11. The third-order valence-corrected chi connectivity index (χ3v) is 13.4. The van der Waals surface area contributed by atoms with E-state index in [0.29, 0.717) is 6.42 Å². The van der Waals surface area contributed by atoms with Gasteiger partial charge in [-0.25, -0.2) is 4.99 Å². The fourth-order valence-electron chi connectivity index (χ4n) is 6.60. The summed E-state index contributed by atoms with van der Waals surface area (Å²) in [6.07, 6.45) is 0.453. The molecule has 0 amide bonds. The van der Waals surface area contributed by atoms with Gasteiger partial charge in [0, 0.05) is 122 Å². The number of nitrogens with zero attached hydrogens (tertiary/aromatic N) is 7. The molecule has 7 aromatic rings. The van der Waals surface area contributed by atoms with Gasteiger partial charge in [-0.2, -0.15) is 43.6 Å². The molecule has 33 heteroatoms. The first-order valence-corrected chi connectivity index (χ1v) is 25.6. The summed E-state index contributed by atoms with van der Waals surface area (Å²) in [5.41, 5.74) is 3.52. The van der Waals surface area contributed by atoms with Crippen LogP contribution in [-0.2, 0) is 40.5 Å². The summed E-state index contributed by atoms with van der Waals surface area (Å²) in [6.45, 7) is 0.487. The van der Waals surface area contributed by atoms with Crippen LogP contribution >= 0.6 is 0 Å². The van der Waals surface area contributed by atoms with E-state index in [-0.39, 0.29) is 156 Å². The van der Waals surface area contributed by atoms with Crippen molar-refractivity contribution in [2.75, 3.05) is 37.9 Å². The third kappa shape index (κ3) is 14.0. The summed E-state index contributed by atoms with van der Waals surface area (Å²) in [5, 5.41) is 43.4. The van der Waals surface area contributed by atoms with Gasteiger partial charge in [-0.15, -0.1) is 20.5 Å². The molecule has 0 saturated heterocycles. The fourth-order valence-corrected chi connectivity index (χ4v) is 9.19. The second-order valence-electron chi connectivity index (χ2n) is 14.6. The van der Waals surface area contributed by atoms with Gasteiger partial charge >= 0.3 is 0 Å². The number of azo groups is 2. The Morgan fingerprint density at radius 1 is 0.575 bits per heavy atom. The number of H-pyrrole nitrogens is 1. The number of nitrogens with two attached hydrogens (primary N) is 1. The Bertz CT molecular complexity index is 3670. The molecule has 1 heterocycles. The zero-order valence-corrected chi connectivity index (χ0v) is 46.7. The number of aromatic hydroxyl groups is 2. The van der Waals surface area contributed by atoms with E-state index in [1.807, 2.05) is 0 Å². The molecule has 0 bridgehead atoms. The van der Waals surface area contributed by atoms with E-state index >= 15 is 0 Å². The van der Waals surface area contributed by atoms with Crippen molar-refractivity contribution in [3.05, 3.63) is 90.5 Å². The van der Waals surface area contributed by atoms with Crippen LogP contribution in [0.1, 0.15) is 6.42 Å². The van der Waals surface area contributed by atoms with Crippen molar-refractivity contribution < 1.29 is 71.6 Å². The van der Waals surface area contributed by atoms with Crippen LogP contribution in [0.15, 0.2) is 130 Å². The zero-order valence-electron chi connectivity index (χ0n) is 38.3. The number of aromatic amines is 1. The molecule has 73 heavy (non-hydrogen) atoms. The number of rotatable bonds is 17. The van der Waals surface area contributed by atoms with E-state index < -0.39 is 94.3 Å². The quantitative estimate of drug-likeness (QED) is 0.0238. The number of fused-ring (bicyclic) bond motifs is 2. The molecule has 6 aromatic carbocycles. The molecule has 1 aromatic heterocycles. The van der Waals surface area contributed by atoms with Crippen LogP contribution in [0.3, 0.4) is 0 Å². The Morgan fingerprint density at radius 2 is 0.973 bits per heavy atom. The number of nitrogens with one attached hydrogen (secondary N) is 3. The average Bonchev–Trinajstić information content (AvgIpc) is 3.29. The van der Waals surface area contributed by atoms with E-state index in [1.165, 1.54) is 62.8 Å². The van der Waals surface area contributed by atoms with Gasteiger partial charge in [0.25, 0.3) is 46.1 Å². The first kappa shape index (κ1) is 58.8. The number of hydrogen-bond donors (Lipinski definition) is 10. The maximum atomic E-state index is 12.6. The van der Waals surface area contributed by atoms with Gasteiger partial charge in [0.15, 0.2) is 11.5 Å². The predicted octanol–water partition coefficient (Wildman–Crippen LogP) is 5.33. The maximum absolute atomic E-state index is 12.6. The molecular weight excluding hydrogens is 1080 g/mol. The fraction of sp³-hybridized carbons (Fsp3) is 0.125. The predicted molar refractivity (Wildman–Crippen MR) is 263 cm³/mol. The molecular formula is C40H37KN11NaO16S4. The van der Waals surface area contributed by atoms with E-state index in [9.17, 15) is 62.1 Å². The smallest absolute Gasteiger partial charge is 0.296 e. The van der Waals surface area contributed by atoms with Crippen LogP contribution in [0.5, 0.6) is 23.0 Å². The summed E-state index contributed by atoms with van der Waals surface area (Å²) in [7, 11) is -17.6. The van der Waals surface area contributed by atoms with Crippen LogP contribution in [0, 0.1) is 0 Å². The van der Waals surface area contributed by atoms with Gasteiger partial charge in [0.2, 0.25) is 11.9 Å². The molecule has 7 rings (SSSR count). The Morgan fingerprint density at radius 3 is 1.33 bits per heavy atom. The largest absolute Gasteiger partial charge is 0.505 e. The van der Waals surface area contributed by atoms with Crippen LogP contribution < -0.4 is 31.5 Å². The van der Waals surface area contributed by atoms with E-state index in [0.717, 1.165) is 36.4 Å². The molecule has 0 atom stereocenters. The van der Waals surface area contributed by atoms with Crippen molar-refractivity contribution in [2.24, 2.45) is 31.2 Å². The van der Waals surface area contributed by atoms with Gasteiger partial charge in [-0.1, -0.05) is 0 Å². The average molecular weight is 1120 g/mol. The number of benzene rings is 6. The number of anilines is 4. The number of methoxy groups -OCH3 is 2. The van der Waals surface area contributed by atoms with Crippen molar-refractivity contribution in [1.29, 1.82) is 0 Å². The van der Waals surface area contributed by atoms with Crippen LogP contribution in [0.25, 0.3) is 21.5 Å². The van der Waals surface area contributed by atoms with Crippen LogP contribution in [0.4, 0.5) is 46.0 Å². The minimum Gasteiger partial charge on any atom is -0.505 e. The molecule has 0 saturated carbocycles. The molecule has 0 aliphatic carbocycles. The summed E-state index contributed by atoms with van der Waals surface area (Å²) in [5.74, 6) is -1.57. The summed E-state index contributed by atoms with van der Waals surface area (Å²) in [6, 6.07) is 16.8. The Kier molecular flexibility index (Phi) is 19.0. The van der Waals surface area contributed by atoms with E-state index in [1.54, 1.807) is 0 Å². The first-order valence-electron chi connectivity index (χ1n) is 19.8.